The van der Waals surface area contributed by atoms with Crippen LogP contribution in [0.4, 0.5) is 5.69 Å². The highest BCUT2D eigenvalue weighted by Crippen LogP contribution is 2.24. The maximum Gasteiger partial charge on any atom is 0.185 e. The predicted molar refractivity (Wildman–Crippen MR) is 130 cm³/mol. The summed E-state index contributed by atoms with van der Waals surface area (Å²) in [6.45, 7) is 1.62. The Hall–Kier alpha value is -3.05. The number of para-hydroxylation sites is 1. The van der Waals surface area contributed by atoms with Crippen LogP contribution in [0, 0.1) is 0 Å². The second-order valence-electron chi connectivity index (χ2n) is 7.14. The quantitative estimate of drug-likeness (QED) is 0.235. The predicted octanol–water partition coefficient (Wildman–Crippen LogP) is 5.30. The number of nitrogens with zero attached hydrogens (tertiary/aromatic N) is 2. The summed E-state index contributed by atoms with van der Waals surface area (Å²) in [7, 11) is 0. The van der Waals surface area contributed by atoms with E-state index >= 15 is 0 Å². The summed E-state index contributed by atoms with van der Waals surface area (Å²) in [5.41, 5.74) is 14.8. The van der Waals surface area contributed by atoms with Crippen molar-refractivity contribution in [2.45, 2.75) is 25.7 Å². The summed E-state index contributed by atoms with van der Waals surface area (Å²) < 4.78 is 0. The molecule has 0 fully saturated rings. The van der Waals surface area contributed by atoms with E-state index in [1.54, 1.807) is 0 Å². The third-order valence-corrected chi connectivity index (χ3v) is 5.00. The molecule has 3 aromatic rings. The number of nitrogens with one attached hydrogen (secondary N) is 1. The van der Waals surface area contributed by atoms with Gasteiger partial charge in [0, 0.05) is 29.2 Å². The second-order valence-corrected chi connectivity index (χ2v) is 7.58. The number of hydrogen-bond acceptors (Lipinski definition) is 3. The smallest absolute Gasteiger partial charge is 0.185 e. The molecule has 0 aliphatic rings. The van der Waals surface area contributed by atoms with Gasteiger partial charge in [0.1, 0.15) is 0 Å². The molecule has 0 amide bonds. The normalized spacial score (nSPS) is 11.1. The van der Waals surface area contributed by atoms with E-state index < -0.39 is 0 Å². The first kappa shape index (κ1) is 21.7. The lowest BCUT2D eigenvalue weighted by molar-refractivity contribution is 0.662. The summed E-state index contributed by atoms with van der Waals surface area (Å²) in [6.07, 6.45) is 8.44. The van der Waals surface area contributed by atoms with E-state index in [1.807, 2.05) is 54.6 Å². The number of halogens is 1. The molecule has 0 atom stereocenters. The van der Waals surface area contributed by atoms with Crippen LogP contribution >= 0.6 is 11.6 Å². The van der Waals surface area contributed by atoms with Gasteiger partial charge in [-0.05, 0) is 48.7 Å². The molecule has 0 saturated carbocycles. The Balaban J connectivity index is 1.62. The van der Waals surface area contributed by atoms with Crippen molar-refractivity contribution in [3.63, 3.8) is 0 Å². The molecule has 0 unspecified atom stereocenters. The van der Waals surface area contributed by atoms with Crippen molar-refractivity contribution in [2.24, 2.45) is 16.5 Å². The second kappa shape index (κ2) is 11.2. The van der Waals surface area contributed by atoms with Gasteiger partial charge in [0.05, 0.1) is 11.2 Å². The molecule has 0 aliphatic heterocycles. The van der Waals surface area contributed by atoms with Crippen LogP contribution < -0.4 is 16.8 Å². The highest BCUT2D eigenvalue weighted by Gasteiger charge is 2.04. The van der Waals surface area contributed by atoms with Gasteiger partial charge in [0.15, 0.2) is 5.96 Å². The molecule has 0 saturated heterocycles. The molecule has 0 bridgehead atoms. The van der Waals surface area contributed by atoms with Crippen LogP contribution in [-0.4, -0.2) is 24.0 Å². The molecular formula is C24H28ClN5. The van der Waals surface area contributed by atoms with Crippen LogP contribution in [0.2, 0.25) is 5.02 Å². The Morgan fingerprint density at radius 3 is 2.53 bits per heavy atom. The number of anilines is 1. The minimum Gasteiger partial charge on any atom is -0.384 e. The first-order valence-corrected chi connectivity index (χ1v) is 10.6. The number of aliphatic imine (C=N–C) groups is 1. The zero-order chi connectivity index (χ0) is 21.2. The van der Waals surface area contributed by atoms with Gasteiger partial charge in [0.2, 0.25) is 0 Å². The molecule has 6 heteroatoms. The maximum absolute atomic E-state index is 5.96. The average molecular weight is 422 g/mol. The van der Waals surface area contributed by atoms with E-state index in [0.717, 1.165) is 65.1 Å². The molecule has 3 rings (SSSR count). The maximum atomic E-state index is 5.96. The Morgan fingerprint density at radius 1 is 0.967 bits per heavy atom. The molecule has 0 aliphatic carbocycles. The van der Waals surface area contributed by atoms with Crippen LogP contribution in [0.5, 0.6) is 0 Å². The van der Waals surface area contributed by atoms with Gasteiger partial charge >= 0.3 is 0 Å². The number of unbranched alkanes of at least 4 members (excludes halogenated alkanes) is 3. The minimum atomic E-state index is 0.169. The average Bonchev–Trinajstić information content (AvgIpc) is 2.75. The van der Waals surface area contributed by atoms with Crippen LogP contribution in [0.15, 0.2) is 59.6 Å². The number of fused-ring (bicyclic) bond motifs is 1. The molecule has 0 spiro atoms. The van der Waals surface area contributed by atoms with E-state index in [9.17, 15) is 0 Å². The fourth-order valence-electron chi connectivity index (χ4n) is 3.20. The standard InChI is InChI=1S/C24H28ClN5/c25-19-12-9-18(10-13-19)11-14-20-17-23(21-7-3-4-8-22(21)30-20)28-15-5-1-2-6-16-29-24(26)27/h3-4,7-14,17H,1-2,5-6,15-16H2,(H,28,30)(H4,26,27,29)/b14-11+. The molecule has 5 nitrogen and oxygen atoms in total. The molecule has 1 heterocycles. The molecule has 0 radical (unpaired) electrons. The van der Waals surface area contributed by atoms with Crippen molar-refractivity contribution in [3.8, 4) is 0 Å². The first-order valence-electron chi connectivity index (χ1n) is 10.2. The summed E-state index contributed by atoms with van der Waals surface area (Å²) >= 11 is 5.96. The van der Waals surface area contributed by atoms with Crippen LogP contribution in [0.1, 0.15) is 36.9 Å². The Morgan fingerprint density at radius 2 is 1.73 bits per heavy atom. The lowest BCUT2D eigenvalue weighted by atomic mass is 10.1. The van der Waals surface area contributed by atoms with Gasteiger partial charge in [-0.2, -0.15) is 0 Å². The number of hydrogen-bond donors (Lipinski definition) is 3. The van der Waals surface area contributed by atoms with Crippen LogP contribution in [0.3, 0.4) is 0 Å². The number of nitrogens with two attached hydrogens (primary N) is 2. The van der Waals surface area contributed by atoms with E-state index in [0.29, 0.717) is 6.54 Å². The Kier molecular flexibility index (Phi) is 8.10. The molecule has 30 heavy (non-hydrogen) atoms. The first-order chi connectivity index (χ1) is 14.6. The zero-order valence-corrected chi connectivity index (χ0v) is 17.8. The van der Waals surface area contributed by atoms with Crippen molar-refractivity contribution in [2.75, 3.05) is 18.4 Å². The van der Waals surface area contributed by atoms with Crippen molar-refractivity contribution in [1.82, 2.24) is 4.98 Å². The topological polar surface area (TPSA) is 89.3 Å². The van der Waals surface area contributed by atoms with Crippen LogP contribution in [-0.2, 0) is 0 Å². The number of guanidine groups is 1. The number of aromatic nitrogens is 1. The van der Waals surface area contributed by atoms with Gasteiger partial charge in [0.25, 0.3) is 0 Å². The van der Waals surface area contributed by atoms with Gasteiger partial charge in [-0.3, -0.25) is 4.99 Å². The largest absolute Gasteiger partial charge is 0.384 e. The number of rotatable bonds is 10. The third-order valence-electron chi connectivity index (χ3n) is 4.75. The summed E-state index contributed by atoms with van der Waals surface area (Å²) in [4.78, 5) is 8.79. The minimum absolute atomic E-state index is 0.169. The van der Waals surface area contributed by atoms with Crippen molar-refractivity contribution >= 4 is 46.3 Å². The summed E-state index contributed by atoms with van der Waals surface area (Å²) in [5.74, 6) is 0.169. The zero-order valence-electron chi connectivity index (χ0n) is 17.0. The van der Waals surface area contributed by atoms with Gasteiger partial charge in [-0.25, -0.2) is 4.98 Å². The van der Waals surface area contributed by atoms with Crippen molar-refractivity contribution in [3.05, 3.63) is 70.9 Å². The Bertz CT molecular complexity index is 1010. The molecule has 1 aromatic heterocycles. The van der Waals surface area contributed by atoms with E-state index in [2.05, 4.69) is 22.4 Å². The highest BCUT2D eigenvalue weighted by atomic mass is 35.5. The molecule has 2 aromatic carbocycles. The van der Waals surface area contributed by atoms with E-state index in [-0.39, 0.29) is 5.96 Å². The van der Waals surface area contributed by atoms with Gasteiger partial charge in [-0.15, -0.1) is 0 Å². The fraction of sp³-hybridized carbons (Fsp3) is 0.250. The monoisotopic (exact) mass is 421 g/mol. The van der Waals surface area contributed by atoms with Crippen LogP contribution in [0.25, 0.3) is 23.1 Å². The SMILES string of the molecule is NC(N)=NCCCCCCNc1cc(/C=C/c2ccc(Cl)cc2)nc2ccccc12. The Labute approximate surface area is 182 Å². The summed E-state index contributed by atoms with van der Waals surface area (Å²) in [5, 5.41) is 5.45. The molecule has 156 valence electrons. The van der Waals surface area contributed by atoms with Gasteiger partial charge in [-0.1, -0.05) is 60.9 Å². The fourth-order valence-corrected chi connectivity index (χ4v) is 3.33. The van der Waals surface area contributed by atoms with Gasteiger partial charge < -0.3 is 16.8 Å². The number of benzene rings is 2. The van der Waals surface area contributed by atoms with E-state index in [1.165, 1.54) is 0 Å². The van der Waals surface area contributed by atoms with E-state index in [4.69, 9.17) is 28.1 Å². The lowest BCUT2D eigenvalue weighted by Crippen LogP contribution is -2.22. The third kappa shape index (κ3) is 6.78. The summed E-state index contributed by atoms with van der Waals surface area (Å²) in [6, 6.07) is 18.1. The number of pyridine rings is 1. The van der Waals surface area contributed by atoms with Crippen molar-refractivity contribution in [1.29, 1.82) is 0 Å². The van der Waals surface area contributed by atoms with Crippen molar-refractivity contribution < 1.29 is 0 Å². The molecule has 5 N–H and O–H groups in total. The highest BCUT2D eigenvalue weighted by molar-refractivity contribution is 6.30. The molecular weight excluding hydrogens is 394 g/mol. The lowest BCUT2D eigenvalue weighted by Gasteiger charge is -2.11.